The summed E-state index contributed by atoms with van der Waals surface area (Å²) in [7, 11) is 0. The number of nitrogens with one attached hydrogen (secondary N) is 1. The Balaban J connectivity index is 1.91. The fraction of sp³-hybridized carbons (Fsp3) is 0.500. The number of nitrogens with two attached hydrogens (primary N) is 1. The standard InChI is InChI=1S/C12H16F2N2/c13-9-5-4-8(6-10(9)14)7-16-12-3-1-2-11(12)15/h4-6,11-12,16H,1-3,7,15H2. The molecule has 0 saturated heterocycles. The van der Waals surface area contributed by atoms with Gasteiger partial charge in [0, 0.05) is 18.6 Å². The quantitative estimate of drug-likeness (QED) is 0.826. The minimum Gasteiger partial charge on any atom is -0.326 e. The van der Waals surface area contributed by atoms with Crippen molar-refractivity contribution < 1.29 is 8.78 Å². The number of rotatable bonds is 3. The SMILES string of the molecule is NC1CCCC1NCc1ccc(F)c(F)c1. The predicted octanol–water partition coefficient (Wildman–Crippen LogP) is 1.93. The van der Waals surface area contributed by atoms with E-state index in [9.17, 15) is 8.78 Å². The first kappa shape index (κ1) is 11.5. The van der Waals surface area contributed by atoms with Crippen LogP contribution in [0.5, 0.6) is 0 Å². The average molecular weight is 226 g/mol. The van der Waals surface area contributed by atoms with E-state index >= 15 is 0 Å². The predicted molar refractivity (Wildman–Crippen MR) is 58.8 cm³/mol. The smallest absolute Gasteiger partial charge is 0.159 e. The fourth-order valence-corrected chi connectivity index (χ4v) is 2.14. The molecular formula is C12H16F2N2. The topological polar surface area (TPSA) is 38.0 Å². The van der Waals surface area contributed by atoms with Crippen LogP contribution in [0.25, 0.3) is 0 Å². The monoisotopic (exact) mass is 226 g/mol. The Kier molecular flexibility index (Phi) is 3.51. The van der Waals surface area contributed by atoms with E-state index < -0.39 is 11.6 Å². The van der Waals surface area contributed by atoms with Crippen molar-refractivity contribution in [3.05, 3.63) is 35.4 Å². The molecule has 2 atom stereocenters. The van der Waals surface area contributed by atoms with Gasteiger partial charge < -0.3 is 11.1 Å². The minimum atomic E-state index is -0.804. The summed E-state index contributed by atoms with van der Waals surface area (Å²) in [6.07, 6.45) is 3.23. The number of halogens is 2. The van der Waals surface area contributed by atoms with Crippen LogP contribution in [0.4, 0.5) is 8.78 Å². The van der Waals surface area contributed by atoms with Crippen LogP contribution < -0.4 is 11.1 Å². The first-order valence-corrected chi connectivity index (χ1v) is 5.59. The van der Waals surface area contributed by atoms with Crippen molar-refractivity contribution in [2.45, 2.75) is 37.9 Å². The molecule has 3 N–H and O–H groups in total. The summed E-state index contributed by atoms with van der Waals surface area (Å²) >= 11 is 0. The molecule has 1 aromatic rings. The van der Waals surface area contributed by atoms with E-state index in [-0.39, 0.29) is 6.04 Å². The van der Waals surface area contributed by atoms with E-state index in [1.54, 1.807) is 6.07 Å². The molecule has 4 heteroatoms. The van der Waals surface area contributed by atoms with Crippen molar-refractivity contribution >= 4 is 0 Å². The maximum atomic E-state index is 12.9. The van der Waals surface area contributed by atoms with Crippen molar-refractivity contribution in [2.24, 2.45) is 5.73 Å². The molecule has 1 aliphatic rings. The Labute approximate surface area is 93.8 Å². The Morgan fingerprint density at radius 2 is 2.06 bits per heavy atom. The van der Waals surface area contributed by atoms with Crippen LogP contribution in [0.1, 0.15) is 24.8 Å². The minimum absolute atomic E-state index is 0.185. The Morgan fingerprint density at radius 3 is 2.69 bits per heavy atom. The molecule has 0 spiro atoms. The van der Waals surface area contributed by atoms with Gasteiger partial charge in [0.2, 0.25) is 0 Å². The lowest BCUT2D eigenvalue weighted by Crippen LogP contribution is -2.40. The van der Waals surface area contributed by atoms with Crippen LogP contribution in [-0.2, 0) is 6.54 Å². The van der Waals surface area contributed by atoms with Gasteiger partial charge in [-0.05, 0) is 30.5 Å². The Bertz CT molecular complexity index is 368. The molecular weight excluding hydrogens is 210 g/mol. The molecule has 1 aliphatic carbocycles. The highest BCUT2D eigenvalue weighted by Gasteiger charge is 2.22. The molecule has 2 rings (SSSR count). The molecule has 1 aromatic carbocycles. The Hall–Kier alpha value is -1.00. The lowest BCUT2D eigenvalue weighted by Gasteiger charge is -2.17. The third-order valence-electron chi connectivity index (χ3n) is 3.12. The molecule has 0 bridgehead atoms. The average Bonchev–Trinajstić information content (AvgIpc) is 2.66. The lowest BCUT2D eigenvalue weighted by molar-refractivity contribution is 0.471. The number of hydrogen-bond acceptors (Lipinski definition) is 2. The first-order valence-electron chi connectivity index (χ1n) is 5.59. The summed E-state index contributed by atoms with van der Waals surface area (Å²) in [5.41, 5.74) is 6.65. The highest BCUT2D eigenvalue weighted by atomic mass is 19.2. The van der Waals surface area contributed by atoms with Crippen LogP contribution in [-0.4, -0.2) is 12.1 Å². The second kappa shape index (κ2) is 4.89. The van der Waals surface area contributed by atoms with Gasteiger partial charge >= 0.3 is 0 Å². The molecule has 0 aromatic heterocycles. The van der Waals surface area contributed by atoms with Crippen molar-refractivity contribution in [3.8, 4) is 0 Å². The van der Waals surface area contributed by atoms with Crippen molar-refractivity contribution in [3.63, 3.8) is 0 Å². The van der Waals surface area contributed by atoms with E-state index in [1.165, 1.54) is 6.07 Å². The number of hydrogen-bond donors (Lipinski definition) is 2. The lowest BCUT2D eigenvalue weighted by atomic mass is 10.1. The van der Waals surface area contributed by atoms with Gasteiger partial charge in [0.05, 0.1) is 0 Å². The second-order valence-electron chi connectivity index (χ2n) is 4.33. The van der Waals surface area contributed by atoms with Gasteiger partial charge in [-0.3, -0.25) is 0 Å². The summed E-state index contributed by atoms with van der Waals surface area (Å²) in [4.78, 5) is 0. The molecule has 1 fully saturated rings. The van der Waals surface area contributed by atoms with Crippen LogP contribution in [0, 0.1) is 11.6 Å². The van der Waals surface area contributed by atoms with Crippen molar-refractivity contribution in [2.75, 3.05) is 0 Å². The zero-order chi connectivity index (χ0) is 11.5. The molecule has 88 valence electrons. The third kappa shape index (κ3) is 2.57. The molecule has 1 saturated carbocycles. The summed E-state index contributed by atoms with van der Waals surface area (Å²) in [5.74, 6) is -1.60. The van der Waals surface area contributed by atoms with E-state index in [2.05, 4.69) is 5.32 Å². The summed E-state index contributed by atoms with van der Waals surface area (Å²) < 4.78 is 25.6. The van der Waals surface area contributed by atoms with Crippen LogP contribution in [0.15, 0.2) is 18.2 Å². The maximum Gasteiger partial charge on any atom is 0.159 e. The van der Waals surface area contributed by atoms with Gasteiger partial charge in [0.15, 0.2) is 11.6 Å². The van der Waals surface area contributed by atoms with E-state index in [1.807, 2.05) is 0 Å². The first-order chi connectivity index (χ1) is 7.66. The van der Waals surface area contributed by atoms with Gasteiger partial charge in [-0.25, -0.2) is 8.78 Å². The Morgan fingerprint density at radius 1 is 1.25 bits per heavy atom. The van der Waals surface area contributed by atoms with E-state index in [0.717, 1.165) is 30.9 Å². The molecule has 2 nitrogen and oxygen atoms in total. The normalized spacial score (nSPS) is 24.9. The van der Waals surface area contributed by atoms with Gasteiger partial charge in [-0.1, -0.05) is 12.5 Å². The van der Waals surface area contributed by atoms with Gasteiger partial charge in [0.25, 0.3) is 0 Å². The van der Waals surface area contributed by atoms with E-state index in [0.29, 0.717) is 12.6 Å². The van der Waals surface area contributed by atoms with Crippen molar-refractivity contribution in [1.82, 2.24) is 5.32 Å². The largest absolute Gasteiger partial charge is 0.326 e. The van der Waals surface area contributed by atoms with Crippen LogP contribution in [0.2, 0.25) is 0 Å². The molecule has 0 heterocycles. The third-order valence-corrected chi connectivity index (χ3v) is 3.12. The summed E-state index contributed by atoms with van der Waals surface area (Å²) in [6.45, 7) is 0.537. The maximum absolute atomic E-state index is 12.9. The highest BCUT2D eigenvalue weighted by molar-refractivity contribution is 5.17. The molecule has 0 amide bonds. The van der Waals surface area contributed by atoms with Gasteiger partial charge in [-0.2, -0.15) is 0 Å². The number of benzene rings is 1. The molecule has 0 aliphatic heterocycles. The highest BCUT2D eigenvalue weighted by Crippen LogP contribution is 2.17. The van der Waals surface area contributed by atoms with Crippen LogP contribution in [0.3, 0.4) is 0 Å². The van der Waals surface area contributed by atoms with Gasteiger partial charge in [0.1, 0.15) is 0 Å². The van der Waals surface area contributed by atoms with Gasteiger partial charge in [-0.15, -0.1) is 0 Å². The zero-order valence-corrected chi connectivity index (χ0v) is 9.05. The zero-order valence-electron chi connectivity index (χ0n) is 9.05. The summed E-state index contributed by atoms with van der Waals surface area (Å²) in [6, 6.07) is 4.45. The van der Waals surface area contributed by atoms with Crippen LogP contribution >= 0.6 is 0 Å². The fourth-order valence-electron chi connectivity index (χ4n) is 2.14. The molecule has 0 radical (unpaired) electrons. The van der Waals surface area contributed by atoms with Crippen molar-refractivity contribution in [1.29, 1.82) is 0 Å². The van der Waals surface area contributed by atoms with E-state index in [4.69, 9.17) is 5.73 Å². The second-order valence-corrected chi connectivity index (χ2v) is 4.33. The molecule has 16 heavy (non-hydrogen) atoms. The summed E-state index contributed by atoms with van der Waals surface area (Å²) in [5, 5.41) is 3.28. The molecule has 2 unspecified atom stereocenters.